The molecule has 2 aliphatic heterocycles. The van der Waals surface area contributed by atoms with Crippen LogP contribution in [0.15, 0.2) is 79.1 Å². The first-order valence-corrected chi connectivity index (χ1v) is 15.1. The first-order chi connectivity index (χ1) is 21.9. The molecule has 2 amide bonds. The van der Waals surface area contributed by atoms with Gasteiger partial charge >= 0.3 is 0 Å². The highest BCUT2D eigenvalue weighted by Gasteiger charge is 2.45. The third-order valence-corrected chi connectivity index (χ3v) is 9.58. The van der Waals surface area contributed by atoms with Crippen LogP contribution in [0.5, 0.6) is 5.75 Å². The van der Waals surface area contributed by atoms with Crippen molar-refractivity contribution in [2.75, 3.05) is 39.8 Å². The third-order valence-electron chi connectivity index (χ3n) is 9.58. The third kappa shape index (κ3) is 5.90. The molecule has 3 aromatic carbocycles. The number of rotatable bonds is 9. The van der Waals surface area contributed by atoms with Crippen molar-refractivity contribution in [3.63, 3.8) is 0 Å². The van der Waals surface area contributed by atoms with Gasteiger partial charge in [0.05, 0.1) is 23.8 Å². The quantitative estimate of drug-likeness (QED) is 0.217. The van der Waals surface area contributed by atoms with Gasteiger partial charge in [0.2, 0.25) is 0 Å². The Morgan fingerprint density at radius 2 is 1.76 bits per heavy atom. The van der Waals surface area contributed by atoms with E-state index in [2.05, 4.69) is 20.4 Å². The number of halogens is 1. The van der Waals surface area contributed by atoms with Gasteiger partial charge < -0.3 is 14.5 Å². The first-order valence-electron chi connectivity index (χ1n) is 15.1. The lowest BCUT2D eigenvalue weighted by molar-refractivity contribution is -0.137. The van der Waals surface area contributed by atoms with Gasteiger partial charge in [-0.3, -0.25) is 14.8 Å². The van der Waals surface area contributed by atoms with Crippen LogP contribution in [0.25, 0.3) is 5.69 Å². The molecule has 2 fully saturated rings. The zero-order valence-corrected chi connectivity index (χ0v) is 25.1. The van der Waals surface area contributed by atoms with E-state index in [0.29, 0.717) is 75.4 Å². The van der Waals surface area contributed by atoms with E-state index >= 15 is 0 Å². The predicted molar refractivity (Wildman–Crippen MR) is 163 cm³/mol. The van der Waals surface area contributed by atoms with Crippen LogP contribution < -0.4 is 10.2 Å². The molecule has 6 rings (SSSR count). The number of nitrogens with zero attached hydrogens (tertiary/aromatic N) is 6. The summed E-state index contributed by atoms with van der Waals surface area (Å²) in [5, 5.41) is 20.9. The molecule has 1 aromatic heterocycles. The van der Waals surface area contributed by atoms with Crippen LogP contribution >= 0.6 is 0 Å². The van der Waals surface area contributed by atoms with E-state index in [0.717, 1.165) is 11.1 Å². The SMILES string of the molecule is COc1ccc(-n2cnnn2)cc1C(=O)N1CCC(CCN2CCC(C(=O)NO)(c3ccccc3)CC2)(c2cccc(F)c2)C1. The minimum atomic E-state index is -0.806. The van der Waals surface area contributed by atoms with Gasteiger partial charge in [-0.2, -0.15) is 0 Å². The summed E-state index contributed by atoms with van der Waals surface area (Å²) in [6, 6.07) is 21.5. The number of hydroxylamine groups is 1. The maximum atomic E-state index is 14.6. The van der Waals surface area contributed by atoms with Gasteiger partial charge in [0.15, 0.2) is 0 Å². The Bertz CT molecular complexity index is 1640. The van der Waals surface area contributed by atoms with Gasteiger partial charge in [0.25, 0.3) is 11.8 Å². The standard InChI is InChI=1S/C33H36FN7O4/c1-45-29-11-10-27(41-23-35-37-38-41)21-28(29)30(42)40-19-13-32(22-40,25-8-5-9-26(34)20-25)12-16-39-17-14-33(15-18-39,31(43)36-44)24-6-3-2-4-7-24/h2-11,20-21,23,44H,12-19,22H2,1H3,(H,36,43). The number of hydrogen-bond acceptors (Lipinski definition) is 8. The smallest absolute Gasteiger partial charge is 0.257 e. The molecule has 0 radical (unpaired) electrons. The largest absolute Gasteiger partial charge is 0.496 e. The molecule has 0 aliphatic carbocycles. The Labute approximate surface area is 260 Å². The second-order valence-corrected chi connectivity index (χ2v) is 11.9. The molecular weight excluding hydrogens is 577 g/mol. The van der Waals surface area contributed by atoms with E-state index < -0.39 is 16.7 Å². The van der Waals surface area contributed by atoms with Crippen LogP contribution in [0, 0.1) is 5.82 Å². The van der Waals surface area contributed by atoms with E-state index in [-0.39, 0.29) is 11.7 Å². The van der Waals surface area contributed by atoms with E-state index in [9.17, 15) is 19.2 Å². The van der Waals surface area contributed by atoms with Gasteiger partial charge in [-0.25, -0.2) is 14.6 Å². The summed E-state index contributed by atoms with van der Waals surface area (Å²) >= 11 is 0. The second kappa shape index (κ2) is 12.7. The number of benzene rings is 3. The number of piperidine rings is 1. The number of aromatic nitrogens is 4. The zero-order chi connectivity index (χ0) is 31.4. The van der Waals surface area contributed by atoms with Gasteiger partial charge in [-0.1, -0.05) is 42.5 Å². The molecule has 1 unspecified atom stereocenters. The molecule has 3 heterocycles. The summed E-state index contributed by atoms with van der Waals surface area (Å²) in [6.07, 6.45) is 3.94. The van der Waals surface area contributed by atoms with Crippen molar-refractivity contribution in [2.24, 2.45) is 0 Å². The molecule has 2 N–H and O–H groups in total. The fourth-order valence-corrected chi connectivity index (χ4v) is 6.95. The van der Waals surface area contributed by atoms with Crippen molar-refractivity contribution in [2.45, 2.75) is 36.5 Å². The lowest BCUT2D eigenvalue weighted by atomic mass is 9.71. The lowest BCUT2D eigenvalue weighted by Crippen LogP contribution is -2.51. The number of amides is 2. The van der Waals surface area contributed by atoms with Crippen molar-refractivity contribution in [3.05, 3.63) is 102 Å². The maximum absolute atomic E-state index is 14.6. The molecule has 0 bridgehead atoms. The summed E-state index contributed by atoms with van der Waals surface area (Å²) in [5.41, 5.74) is 3.41. The fourth-order valence-electron chi connectivity index (χ4n) is 6.95. The van der Waals surface area contributed by atoms with Crippen LogP contribution in [-0.4, -0.2) is 86.9 Å². The average molecular weight is 614 g/mol. The van der Waals surface area contributed by atoms with Crippen molar-refractivity contribution < 1.29 is 23.9 Å². The Hall–Kier alpha value is -4.68. The molecular formula is C33H36FN7O4. The second-order valence-electron chi connectivity index (χ2n) is 11.9. The molecule has 0 spiro atoms. The van der Waals surface area contributed by atoms with Crippen molar-refractivity contribution in [3.8, 4) is 11.4 Å². The van der Waals surface area contributed by atoms with Crippen LogP contribution in [0.4, 0.5) is 4.39 Å². The number of nitrogens with one attached hydrogen (secondary N) is 1. The summed E-state index contributed by atoms with van der Waals surface area (Å²) in [6.45, 7) is 2.95. The molecule has 0 saturated carbocycles. The zero-order valence-electron chi connectivity index (χ0n) is 25.1. The highest BCUT2D eigenvalue weighted by Crippen LogP contribution is 2.41. The molecule has 234 valence electrons. The molecule has 11 nitrogen and oxygen atoms in total. The van der Waals surface area contributed by atoms with E-state index in [1.165, 1.54) is 24.2 Å². The number of hydrogen-bond donors (Lipinski definition) is 2. The number of ether oxygens (including phenoxy) is 1. The van der Waals surface area contributed by atoms with Gasteiger partial charge in [0.1, 0.15) is 17.9 Å². The molecule has 45 heavy (non-hydrogen) atoms. The van der Waals surface area contributed by atoms with Gasteiger partial charge in [-0.15, -0.1) is 5.10 Å². The number of methoxy groups -OCH3 is 1. The number of carbonyl (C=O) groups excluding carboxylic acids is 2. The highest BCUT2D eigenvalue weighted by molar-refractivity contribution is 5.98. The summed E-state index contributed by atoms with van der Waals surface area (Å²) in [7, 11) is 1.53. The number of likely N-dealkylation sites (tertiary alicyclic amines) is 2. The van der Waals surface area contributed by atoms with Gasteiger partial charge in [0, 0.05) is 18.5 Å². The average Bonchev–Trinajstić information content (AvgIpc) is 3.79. The molecule has 2 aliphatic rings. The van der Waals surface area contributed by atoms with E-state index in [4.69, 9.17) is 4.74 Å². The summed E-state index contributed by atoms with van der Waals surface area (Å²) in [5.74, 6) is -0.440. The van der Waals surface area contributed by atoms with Crippen molar-refractivity contribution in [1.29, 1.82) is 0 Å². The van der Waals surface area contributed by atoms with Crippen LogP contribution in [-0.2, 0) is 15.6 Å². The predicted octanol–water partition coefficient (Wildman–Crippen LogP) is 3.52. The van der Waals surface area contributed by atoms with Crippen molar-refractivity contribution in [1.82, 2.24) is 35.5 Å². The number of carbonyl (C=O) groups is 2. The van der Waals surface area contributed by atoms with E-state index in [1.54, 1.807) is 30.3 Å². The van der Waals surface area contributed by atoms with Gasteiger partial charge in [-0.05, 0) is 97.2 Å². The fraction of sp³-hybridized carbons (Fsp3) is 0.364. The molecule has 1 atom stereocenters. The van der Waals surface area contributed by atoms with Crippen LogP contribution in [0.2, 0.25) is 0 Å². The Balaban J connectivity index is 1.21. The minimum Gasteiger partial charge on any atom is -0.496 e. The van der Waals surface area contributed by atoms with E-state index in [1.807, 2.05) is 46.8 Å². The maximum Gasteiger partial charge on any atom is 0.257 e. The van der Waals surface area contributed by atoms with Crippen LogP contribution in [0.3, 0.4) is 0 Å². The van der Waals surface area contributed by atoms with Crippen molar-refractivity contribution >= 4 is 11.8 Å². The molecule has 12 heteroatoms. The van der Waals surface area contributed by atoms with Crippen LogP contribution in [0.1, 0.15) is 47.2 Å². The highest BCUT2D eigenvalue weighted by atomic mass is 19.1. The molecule has 2 saturated heterocycles. The Morgan fingerprint density at radius 1 is 0.978 bits per heavy atom. The first kappa shape index (κ1) is 30.4. The number of tetrazole rings is 1. The molecule has 4 aromatic rings. The summed E-state index contributed by atoms with van der Waals surface area (Å²) < 4.78 is 21.6. The monoisotopic (exact) mass is 613 g/mol. The summed E-state index contributed by atoms with van der Waals surface area (Å²) in [4.78, 5) is 31.0. The Kier molecular flexibility index (Phi) is 8.59. The normalized spacial score (nSPS) is 19.8. The topological polar surface area (TPSA) is 126 Å². The Morgan fingerprint density at radius 3 is 2.44 bits per heavy atom. The minimum absolute atomic E-state index is 0.180. The lowest BCUT2D eigenvalue weighted by Gasteiger charge is -2.41.